The number of esters is 3. The lowest BCUT2D eigenvalue weighted by Crippen LogP contribution is -2.30. The van der Waals surface area contributed by atoms with Gasteiger partial charge in [-0.3, -0.25) is 14.4 Å². The highest BCUT2D eigenvalue weighted by Gasteiger charge is 2.19. The maximum absolute atomic E-state index is 12.9. The average molecular weight is 1120 g/mol. The molecule has 0 amide bonds. The number of hydrogen-bond donors (Lipinski definition) is 0. The van der Waals surface area contributed by atoms with Gasteiger partial charge in [-0.15, -0.1) is 0 Å². The Bertz CT molecular complexity index is 1340. The van der Waals surface area contributed by atoms with Crippen LogP contribution in [-0.4, -0.2) is 37.2 Å². The predicted octanol–water partition coefficient (Wildman–Crippen LogP) is 24.7. The van der Waals surface area contributed by atoms with E-state index in [4.69, 9.17) is 14.2 Å². The van der Waals surface area contributed by atoms with Crippen molar-refractivity contribution in [2.45, 2.75) is 406 Å². The largest absolute Gasteiger partial charge is 0.462 e. The minimum Gasteiger partial charge on any atom is -0.462 e. The second-order valence-corrected chi connectivity index (χ2v) is 24.5. The molecular formula is C74H138O6. The van der Waals surface area contributed by atoms with Crippen LogP contribution in [0.15, 0.2) is 36.5 Å². The van der Waals surface area contributed by atoms with E-state index in [1.165, 1.54) is 283 Å². The molecule has 0 rings (SSSR count). The number of carbonyl (C=O) groups excluding carboxylic acids is 3. The Morgan fingerprint density at radius 2 is 0.450 bits per heavy atom. The van der Waals surface area contributed by atoms with Gasteiger partial charge in [0.25, 0.3) is 0 Å². The van der Waals surface area contributed by atoms with E-state index in [1.807, 2.05) is 0 Å². The predicted molar refractivity (Wildman–Crippen MR) is 349 cm³/mol. The lowest BCUT2D eigenvalue weighted by Gasteiger charge is -2.18. The summed E-state index contributed by atoms with van der Waals surface area (Å²) in [6, 6.07) is 0. The SMILES string of the molecule is CCCCCCC/C=C\C/C=C\C/C=C\CCCCCCCCCCC(=O)OC(COC(=O)CCCCCCCCCCCCC)COC(=O)CCCCCCCCCCCCCCCCCCCCCCCCCCCCCC. The van der Waals surface area contributed by atoms with Gasteiger partial charge in [-0.2, -0.15) is 0 Å². The summed E-state index contributed by atoms with van der Waals surface area (Å²) in [5.41, 5.74) is 0. The molecule has 1 unspecified atom stereocenters. The molecule has 6 nitrogen and oxygen atoms in total. The number of ether oxygens (including phenoxy) is 3. The maximum atomic E-state index is 12.9. The maximum Gasteiger partial charge on any atom is 0.306 e. The van der Waals surface area contributed by atoms with Gasteiger partial charge in [0.05, 0.1) is 0 Å². The summed E-state index contributed by atoms with van der Waals surface area (Å²) in [7, 11) is 0. The van der Waals surface area contributed by atoms with Gasteiger partial charge in [0, 0.05) is 19.3 Å². The lowest BCUT2D eigenvalue weighted by molar-refractivity contribution is -0.167. The van der Waals surface area contributed by atoms with E-state index in [0.29, 0.717) is 19.3 Å². The second-order valence-electron chi connectivity index (χ2n) is 24.5. The Labute approximate surface area is 499 Å². The van der Waals surface area contributed by atoms with Crippen LogP contribution in [0, 0.1) is 0 Å². The molecule has 0 saturated heterocycles. The van der Waals surface area contributed by atoms with Crippen LogP contribution in [0.25, 0.3) is 0 Å². The van der Waals surface area contributed by atoms with Crippen LogP contribution in [0.2, 0.25) is 0 Å². The van der Waals surface area contributed by atoms with Crippen LogP contribution in [0.3, 0.4) is 0 Å². The van der Waals surface area contributed by atoms with E-state index < -0.39 is 6.10 Å². The van der Waals surface area contributed by atoms with E-state index >= 15 is 0 Å². The molecule has 1 atom stereocenters. The Morgan fingerprint density at radius 1 is 0.250 bits per heavy atom. The van der Waals surface area contributed by atoms with Crippen molar-refractivity contribution in [3.05, 3.63) is 36.5 Å². The molecule has 0 aromatic carbocycles. The van der Waals surface area contributed by atoms with Gasteiger partial charge in [-0.05, 0) is 57.8 Å². The first-order valence-corrected chi connectivity index (χ1v) is 36.0. The summed E-state index contributed by atoms with van der Waals surface area (Å²) in [4.78, 5) is 38.4. The zero-order valence-corrected chi connectivity index (χ0v) is 54.1. The summed E-state index contributed by atoms with van der Waals surface area (Å²) >= 11 is 0. The second kappa shape index (κ2) is 69.1. The van der Waals surface area contributed by atoms with E-state index in [0.717, 1.165) is 77.0 Å². The average Bonchev–Trinajstić information content (AvgIpc) is 3.46. The van der Waals surface area contributed by atoms with Crippen molar-refractivity contribution >= 4 is 17.9 Å². The first kappa shape index (κ1) is 77.6. The topological polar surface area (TPSA) is 78.9 Å². The molecule has 470 valence electrons. The van der Waals surface area contributed by atoms with E-state index in [2.05, 4.69) is 57.2 Å². The molecule has 0 aromatic heterocycles. The fourth-order valence-electron chi connectivity index (χ4n) is 11.0. The van der Waals surface area contributed by atoms with Crippen molar-refractivity contribution in [1.82, 2.24) is 0 Å². The Morgan fingerprint density at radius 3 is 0.700 bits per heavy atom. The highest BCUT2D eigenvalue weighted by atomic mass is 16.6. The van der Waals surface area contributed by atoms with Gasteiger partial charge in [0.1, 0.15) is 13.2 Å². The minimum absolute atomic E-state index is 0.0696. The third-order valence-corrected chi connectivity index (χ3v) is 16.4. The molecule has 80 heavy (non-hydrogen) atoms. The Hall–Kier alpha value is -2.37. The molecule has 0 fully saturated rings. The monoisotopic (exact) mass is 1120 g/mol. The highest BCUT2D eigenvalue weighted by Crippen LogP contribution is 2.19. The molecule has 0 aliphatic heterocycles. The third-order valence-electron chi connectivity index (χ3n) is 16.4. The summed E-state index contributed by atoms with van der Waals surface area (Å²) < 4.78 is 17.0. The van der Waals surface area contributed by atoms with E-state index in [-0.39, 0.29) is 31.1 Å². The molecule has 0 N–H and O–H groups in total. The van der Waals surface area contributed by atoms with Crippen LogP contribution < -0.4 is 0 Å². The van der Waals surface area contributed by atoms with Crippen molar-refractivity contribution in [3.63, 3.8) is 0 Å². The first-order valence-electron chi connectivity index (χ1n) is 36.0. The van der Waals surface area contributed by atoms with Crippen LogP contribution >= 0.6 is 0 Å². The van der Waals surface area contributed by atoms with Gasteiger partial charge < -0.3 is 14.2 Å². The third kappa shape index (κ3) is 66.4. The first-order chi connectivity index (χ1) is 39.5. The van der Waals surface area contributed by atoms with Crippen LogP contribution in [0.4, 0.5) is 0 Å². The summed E-state index contributed by atoms with van der Waals surface area (Å²) in [6.07, 6.45) is 86.2. The van der Waals surface area contributed by atoms with Crippen LogP contribution in [0.5, 0.6) is 0 Å². The van der Waals surface area contributed by atoms with Crippen molar-refractivity contribution in [3.8, 4) is 0 Å². The molecule has 6 heteroatoms. The molecule has 0 saturated carbocycles. The number of carbonyl (C=O) groups is 3. The summed E-state index contributed by atoms with van der Waals surface area (Å²) in [5, 5.41) is 0. The Balaban J connectivity index is 4.17. The fourth-order valence-corrected chi connectivity index (χ4v) is 11.0. The molecule has 0 aromatic rings. The van der Waals surface area contributed by atoms with Crippen molar-refractivity contribution in [2.75, 3.05) is 13.2 Å². The zero-order valence-electron chi connectivity index (χ0n) is 54.1. The smallest absolute Gasteiger partial charge is 0.306 e. The van der Waals surface area contributed by atoms with Crippen molar-refractivity contribution < 1.29 is 28.6 Å². The molecule has 0 aliphatic carbocycles. The normalized spacial score (nSPS) is 12.2. The number of unbranched alkanes of at least 4 members (excludes halogenated alkanes) is 50. The Kier molecular flexibility index (Phi) is 67.1. The van der Waals surface area contributed by atoms with Crippen molar-refractivity contribution in [1.29, 1.82) is 0 Å². The number of hydrogen-bond acceptors (Lipinski definition) is 6. The van der Waals surface area contributed by atoms with Crippen molar-refractivity contribution in [2.24, 2.45) is 0 Å². The molecule has 0 heterocycles. The summed E-state index contributed by atoms with van der Waals surface area (Å²) in [5.74, 6) is -0.849. The molecule has 0 radical (unpaired) electrons. The number of rotatable bonds is 67. The summed E-state index contributed by atoms with van der Waals surface area (Å²) in [6.45, 7) is 6.69. The van der Waals surface area contributed by atoms with E-state index in [9.17, 15) is 14.4 Å². The van der Waals surface area contributed by atoms with Gasteiger partial charge >= 0.3 is 17.9 Å². The highest BCUT2D eigenvalue weighted by molar-refractivity contribution is 5.71. The van der Waals surface area contributed by atoms with Gasteiger partial charge in [0.2, 0.25) is 0 Å². The molecular weight excluding hydrogens is 985 g/mol. The standard InChI is InChI=1S/C74H138O6/c1-4-7-10-13-16-19-22-24-26-28-30-32-34-35-36-37-38-40-41-43-45-47-49-52-55-58-61-64-67-73(76)79-70-71(69-78-72(75)66-63-60-57-54-51-21-18-15-12-9-6-3)80-74(77)68-65-62-59-56-53-50-48-46-44-42-39-33-31-29-27-25-23-20-17-14-11-8-5-2/h23,25,29,31,39,42,71H,4-22,24,26-28,30,32-38,40-41,43-70H2,1-3H3/b25-23-,31-29-,42-39-. The van der Waals surface area contributed by atoms with Crippen LogP contribution in [-0.2, 0) is 28.6 Å². The van der Waals surface area contributed by atoms with E-state index in [1.54, 1.807) is 0 Å². The molecule has 0 aliphatic rings. The fraction of sp³-hybridized carbons (Fsp3) is 0.878. The van der Waals surface area contributed by atoms with Crippen LogP contribution in [0.1, 0.15) is 400 Å². The molecule has 0 bridgehead atoms. The van der Waals surface area contributed by atoms with Gasteiger partial charge in [0.15, 0.2) is 6.10 Å². The minimum atomic E-state index is -0.773. The zero-order chi connectivity index (χ0) is 57.8. The quantitative estimate of drug-likeness (QED) is 0.0261. The number of allylic oxidation sites excluding steroid dienone is 6. The van der Waals surface area contributed by atoms with Gasteiger partial charge in [-0.1, -0.05) is 359 Å². The lowest BCUT2D eigenvalue weighted by atomic mass is 10.0. The molecule has 0 spiro atoms. The van der Waals surface area contributed by atoms with Gasteiger partial charge in [-0.25, -0.2) is 0 Å².